The third-order valence-electron chi connectivity index (χ3n) is 24.7. The van der Waals surface area contributed by atoms with E-state index in [2.05, 4.69) is 60.4 Å². The molecule has 13 N–H and O–H groups in total. The zero-order valence-electron chi connectivity index (χ0n) is 58.0. The maximum absolute atomic E-state index is 14.6. The first-order valence-electron chi connectivity index (χ1n) is 37.5. The molecule has 4 saturated carbocycles. The topological polar surface area (TPSA) is 379 Å². The van der Waals surface area contributed by atoms with Crippen molar-refractivity contribution in [3.05, 3.63) is 12.2 Å². The highest BCUT2D eigenvalue weighted by atomic mass is 16.6. The lowest BCUT2D eigenvalue weighted by Crippen LogP contribution is -2.72. The van der Waals surface area contributed by atoms with Gasteiger partial charge in [0.05, 0.1) is 25.0 Å². The summed E-state index contributed by atoms with van der Waals surface area (Å²) in [6.45, 7) is 12.7. The summed E-state index contributed by atoms with van der Waals surface area (Å²) in [5.74, 6) is -1.65. The van der Waals surface area contributed by atoms with Crippen LogP contribution in [0.25, 0.3) is 0 Å². The van der Waals surface area contributed by atoms with E-state index in [0.29, 0.717) is 134 Å². The van der Waals surface area contributed by atoms with Crippen LogP contribution in [0, 0.1) is 40.9 Å². The minimum absolute atomic E-state index is 0.0223. The number of aliphatic hydroxyl groups is 1. The fourth-order valence-electron chi connectivity index (χ4n) is 18.7. The zero-order chi connectivity index (χ0) is 69.4. The molecule has 11 amide bonds. The molecule has 546 valence electrons. The average Bonchev–Trinajstić information content (AvgIpc) is 1.54. The molecule has 6 saturated heterocycles. The highest BCUT2D eigenvalue weighted by Gasteiger charge is 2.58. The van der Waals surface area contributed by atoms with E-state index in [1.807, 2.05) is 0 Å². The van der Waals surface area contributed by atoms with Gasteiger partial charge in [-0.05, 0) is 164 Å². The van der Waals surface area contributed by atoms with E-state index >= 15 is 0 Å². The first-order chi connectivity index (χ1) is 47.1. The number of primary amides is 1. The fourth-order valence-corrected chi connectivity index (χ4v) is 18.7. The maximum atomic E-state index is 14.6. The van der Waals surface area contributed by atoms with Gasteiger partial charge in [-0.1, -0.05) is 33.1 Å². The third kappa shape index (κ3) is 17.0. The van der Waals surface area contributed by atoms with E-state index in [4.69, 9.17) is 26.7 Å². The Balaban J connectivity index is 0.640. The summed E-state index contributed by atoms with van der Waals surface area (Å²) in [7, 11) is 0. The van der Waals surface area contributed by atoms with Crippen molar-refractivity contribution >= 4 is 59.4 Å². The largest absolute Gasteiger partial charge is 0.449 e. The number of carbonyl (C=O) groups excluding carboxylic acids is 10. The molecule has 0 radical (unpaired) electrons. The lowest BCUT2D eigenvalue weighted by Gasteiger charge is -2.54. The predicted molar refractivity (Wildman–Crippen MR) is 361 cm³/mol. The monoisotopic (exact) mass is 1370 g/mol. The number of hydrogen-bond donors (Lipinski definition) is 10. The lowest BCUT2D eigenvalue weighted by atomic mass is 9.67. The van der Waals surface area contributed by atoms with Crippen LogP contribution in [0.1, 0.15) is 174 Å². The molecule has 28 nitrogen and oxygen atoms in total. The molecule has 11 aliphatic rings. The second-order valence-electron chi connectivity index (χ2n) is 31.0. The van der Waals surface area contributed by atoms with Gasteiger partial charge in [-0.2, -0.15) is 0 Å². The molecule has 28 heteroatoms. The minimum atomic E-state index is -1.33. The predicted octanol–water partition coefficient (Wildman–Crippen LogP) is 1.21. The molecule has 10 fully saturated rings. The second-order valence-corrected chi connectivity index (χ2v) is 31.0. The Morgan fingerprint density at radius 1 is 0.827 bits per heavy atom. The van der Waals surface area contributed by atoms with Crippen molar-refractivity contribution in [3.63, 3.8) is 0 Å². The fraction of sp³-hybridized carbons (Fsp3) is 0.829. The number of imide groups is 2. The number of fused-ring (bicyclic) bond motifs is 2. The van der Waals surface area contributed by atoms with Crippen LogP contribution >= 0.6 is 0 Å². The number of unbranched alkanes of at least 4 members (excludes halogenated alkanes) is 2. The van der Waals surface area contributed by atoms with Crippen molar-refractivity contribution in [3.8, 4) is 0 Å². The smallest absolute Gasteiger partial charge is 0.411 e. The SMILES string of the molecule is CC[C@@]12C[C@@H](OC3NCC(CN4CCN(C5CCC6CN([C@H]7CCC(=O)NC7=O)C(=O)C6C5)CC4)CC3C)CN1C(CC(N)C1CCCCC1O)C(N)N(C(=O)OCC1CCC(NC(=O)[C@H](CCCNC(N)=O)NC(=O)C3(C(=O)NCCCCCN4C(=O)C=CC4=O)CCC3)CC1)C2. The molecule has 11 unspecified atom stereocenters. The lowest BCUT2D eigenvalue weighted by molar-refractivity contribution is -0.151. The van der Waals surface area contributed by atoms with Crippen molar-refractivity contribution in [2.45, 2.75) is 241 Å². The van der Waals surface area contributed by atoms with E-state index in [1.165, 1.54) is 17.1 Å². The number of piperidine rings is 2. The standard InChI is InChI=1S/C70H113N15O13/c1-3-69-36-49(98-63-43(2)33-45(37-76-63)38-80-29-31-81(32-30-80)48-19-16-46-39-83(64(92)51(46)34-48)54-20-21-57(87)79-62(54)91)40-85(69)55(35-52(71)50-11-5-6-13-56(50)86)60(72)84(42-69)68(96)97-41-44-14-17-47(18-15-44)77-61(90)53(12-9-27-75-67(73)95)78-66(94)70(24-10-25-70)65(93)74-26-7-4-8-28-82-58(88)22-23-59(82)89/h22-23,43-56,60,63,76,86H,3-21,24-42,71-72H2,1-2H3,(H,74,93)(H,77,90)(H,78,94)(H3,73,75,95)(H,79,87,91)/t43?,44?,45?,46?,47?,48?,49-,50?,51?,52?,53+,54+,55?,56?,60?,63?,69+/m1/s1. The number of likely N-dealkylation sites (tertiary alicyclic amines) is 1. The molecule has 0 bridgehead atoms. The Hall–Kier alpha value is -5.88. The van der Waals surface area contributed by atoms with E-state index in [0.717, 1.165) is 90.6 Å². The van der Waals surface area contributed by atoms with Crippen LogP contribution in [0.5, 0.6) is 0 Å². The Morgan fingerprint density at radius 3 is 2.27 bits per heavy atom. The van der Waals surface area contributed by atoms with Gasteiger partial charge >= 0.3 is 12.1 Å². The van der Waals surface area contributed by atoms with Crippen LogP contribution in [0.2, 0.25) is 0 Å². The number of rotatable bonds is 27. The van der Waals surface area contributed by atoms with Crippen molar-refractivity contribution in [1.29, 1.82) is 0 Å². The Kier molecular flexibility index (Phi) is 24.6. The van der Waals surface area contributed by atoms with Crippen LogP contribution in [0.15, 0.2) is 12.2 Å². The van der Waals surface area contributed by atoms with Crippen LogP contribution < -0.4 is 49.1 Å². The molecule has 0 aromatic rings. The molecule has 15 atom stereocenters. The van der Waals surface area contributed by atoms with Gasteiger partial charge in [0.2, 0.25) is 35.4 Å². The summed E-state index contributed by atoms with van der Waals surface area (Å²) in [6, 6.07) is -2.75. The number of ether oxygens (including phenoxy) is 2. The van der Waals surface area contributed by atoms with Crippen LogP contribution in [-0.4, -0.2) is 245 Å². The summed E-state index contributed by atoms with van der Waals surface area (Å²) in [5, 5.41) is 28.9. The molecule has 7 heterocycles. The minimum Gasteiger partial charge on any atom is -0.449 e. The molecule has 7 aliphatic heterocycles. The normalized spacial score (nSPS) is 34.5. The van der Waals surface area contributed by atoms with Gasteiger partial charge in [0.25, 0.3) is 11.8 Å². The first-order valence-corrected chi connectivity index (χ1v) is 37.5. The number of nitrogens with two attached hydrogens (primary N) is 3. The van der Waals surface area contributed by atoms with Crippen LogP contribution in [0.3, 0.4) is 0 Å². The van der Waals surface area contributed by atoms with E-state index < -0.39 is 65.2 Å². The molecular weight excluding hydrogens is 1260 g/mol. The van der Waals surface area contributed by atoms with Crippen LogP contribution in [-0.2, 0) is 47.8 Å². The van der Waals surface area contributed by atoms with E-state index in [1.54, 1.807) is 9.80 Å². The van der Waals surface area contributed by atoms with Crippen molar-refractivity contribution in [2.24, 2.45) is 58.1 Å². The summed E-state index contributed by atoms with van der Waals surface area (Å²) in [6.07, 6.45) is 16.7. The molecule has 0 aromatic carbocycles. The van der Waals surface area contributed by atoms with Gasteiger partial charge in [0.15, 0.2) is 0 Å². The molecule has 4 aliphatic carbocycles. The molecule has 98 heavy (non-hydrogen) atoms. The third-order valence-corrected chi connectivity index (χ3v) is 24.7. The number of carbonyl (C=O) groups is 10. The van der Waals surface area contributed by atoms with Crippen molar-refractivity contribution < 1.29 is 62.5 Å². The number of piperazine rings is 2. The highest BCUT2D eigenvalue weighted by molar-refractivity contribution is 6.13. The number of hydrogen-bond acceptors (Lipinski definition) is 19. The first kappa shape index (κ1) is 73.3. The maximum Gasteiger partial charge on any atom is 0.411 e. The van der Waals surface area contributed by atoms with Gasteiger partial charge in [-0.25, -0.2) is 9.59 Å². The molecule has 11 rings (SSSR count). The summed E-state index contributed by atoms with van der Waals surface area (Å²) in [5.41, 5.74) is 17.9. The van der Waals surface area contributed by atoms with Crippen molar-refractivity contribution in [2.75, 3.05) is 85.1 Å². The zero-order valence-corrected chi connectivity index (χ0v) is 58.0. The Bertz CT molecular complexity index is 2890. The van der Waals surface area contributed by atoms with E-state index in [9.17, 15) is 53.1 Å². The molecular formula is C70H113N15O13. The van der Waals surface area contributed by atoms with Gasteiger partial charge in [0.1, 0.15) is 23.7 Å². The quantitative estimate of drug-likeness (QED) is 0.0314. The van der Waals surface area contributed by atoms with Gasteiger partial charge in [-0.15, -0.1) is 0 Å². The van der Waals surface area contributed by atoms with E-state index in [-0.39, 0.29) is 122 Å². The summed E-state index contributed by atoms with van der Waals surface area (Å²) >= 11 is 0. The number of aliphatic hydroxyl groups excluding tert-OH is 1. The summed E-state index contributed by atoms with van der Waals surface area (Å²) in [4.78, 5) is 142. The number of amides is 11. The molecule has 0 aromatic heterocycles. The average molecular weight is 1370 g/mol. The Labute approximate surface area is 577 Å². The van der Waals surface area contributed by atoms with Gasteiger partial charge in [-0.3, -0.25) is 68.6 Å². The second kappa shape index (κ2) is 32.8. The number of nitrogens with one attached hydrogen (secondary N) is 6. The summed E-state index contributed by atoms with van der Waals surface area (Å²) < 4.78 is 13.4. The van der Waals surface area contributed by atoms with Crippen molar-refractivity contribution in [1.82, 2.24) is 61.3 Å². The van der Waals surface area contributed by atoms with Crippen LogP contribution in [0.4, 0.5) is 9.59 Å². The van der Waals surface area contributed by atoms with Gasteiger partial charge < -0.3 is 62.8 Å². The highest BCUT2D eigenvalue weighted by Crippen LogP contribution is 2.46. The van der Waals surface area contributed by atoms with Gasteiger partial charge in [0, 0.05) is 133 Å². The number of urea groups is 1. The molecule has 0 spiro atoms. The number of nitrogens with zero attached hydrogens (tertiary/aromatic N) is 6. The Morgan fingerprint density at radius 2 is 1.57 bits per heavy atom.